The van der Waals surface area contributed by atoms with Gasteiger partial charge in [-0.05, 0) is 36.4 Å². The van der Waals surface area contributed by atoms with Gasteiger partial charge in [0.1, 0.15) is 4.90 Å². The van der Waals surface area contributed by atoms with Crippen LogP contribution in [0, 0.1) is 0 Å². The lowest BCUT2D eigenvalue weighted by Gasteiger charge is -2.09. The second-order valence-corrected chi connectivity index (χ2v) is 7.51. The van der Waals surface area contributed by atoms with Crippen molar-refractivity contribution in [3.05, 3.63) is 48.5 Å². The van der Waals surface area contributed by atoms with Gasteiger partial charge in [-0.15, -0.1) is 0 Å². The molecule has 2 aromatic carbocycles. The fraction of sp³-hybridized carbons (Fsp3) is 0. The molecule has 0 saturated heterocycles. The first-order valence-corrected chi connectivity index (χ1v) is 8.48. The maximum atomic E-state index is 12.5. The average Bonchev–Trinajstić information content (AvgIpc) is 2.38. The molecule has 0 heterocycles. The van der Waals surface area contributed by atoms with Crippen molar-refractivity contribution >= 4 is 25.5 Å². The molecule has 2 aromatic rings. The van der Waals surface area contributed by atoms with Gasteiger partial charge in [0.25, 0.3) is 0 Å². The Morgan fingerprint density at radius 3 is 1.75 bits per heavy atom. The van der Waals surface area contributed by atoms with Crippen molar-refractivity contribution in [3.63, 3.8) is 0 Å². The minimum atomic E-state index is -4.14. The Morgan fingerprint density at radius 1 is 0.750 bits per heavy atom. The molecule has 0 spiro atoms. The molecule has 0 aliphatic carbocycles. The number of anilines is 1. The molecule has 0 unspecified atom stereocenters. The van der Waals surface area contributed by atoms with Crippen LogP contribution < -0.4 is 10.9 Å². The number of hydrogen-bond donors (Lipinski definition) is 2. The Bertz CT molecular complexity index is 841. The van der Waals surface area contributed by atoms with Gasteiger partial charge < -0.3 is 5.73 Å². The summed E-state index contributed by atoms with van der Waals surface area (Å²) in [5, 5.41) is 5.04. The van der Waals surface area contributed by atoms with Crippen LogP contribution in [0.15, 0.2) is 63.2 Å². The maximum absolute atomic E-state index is 12.5. The monoisotopic (exact) mass is 312 g/mol. The molecule has 2 rings (SSSR count). The highest BCUT2D eigenvalue weighted by atomic mass is 32.2. The lowest BCUT2D eigenvalue weighted by Crippen LogP contribution is -2.16. The van der Waals surface area contributed by atoms with Crippen molar-refractivity contribution < 1.29 is 16.8 Å². The SMILES string of the molecule is Nc1ccc(S(=O)(=O)c2ccccc2S(N)(=O)=O)cc1. The number of rotatable bonds is 3. The van der Waals surface area contributed by atoms with E-state index in [0.717, 1.165) is 6.07 Å². The average molecular weight is 312 g/mol. The number of sulfonamides is 1. The predicted octanol–water partition coefficient (Wildman–Crippen LogP) is 0.749. The summed E-state index contributed by atoms with van der Waals surface area (Å²) in [7, 11) is -8.12. The van der Waals surface area contributed by atoms with Crippen molar-refractivity contribution in [2.75, 3.05) is 5.73 Å². The molecule has 0 aliphatic heterocycles. The van der Waals surface area contributed by atoms with Crippen LogP contribution in [0.3, 0.4) is 0 Å². The van der Waals surface area contributed by atoms with Gasteiger partial charge in [0, 0.05) is 5.69 Å². The van der Waals surface area contributed by atoms with Gasteiger partial charge in [0.2, 0.25) is 19.9 Å². The summed E-state index contributed by atoms with van der Waals surface area (Å²) in [6.07, 6.45) is 0. The Balaban J connectivity index is 2.71. The molecule has 0 amide bonds. The van der Waals surface area contributed by atoms with Gasteiger partial charge >= 0.3 is 0 Å². The quantitative estimate of drug-likeness (QED) is 0.810. The first-order chi connectivity index (χ1) is 9.23. The van der Waals surface area contributed by atoms with E-state index < -0.39 is 24.8 Å². The topological polar surface area (TPSA) is 120 Å². The molecule has 0 saturated carbocycles. The lowest BCUT2D eigenvalue weighted by atomic mass is 10.3. The second-order valence-electron chi connectivity index (χ2n) is 4.06. The highest BCUT2D eigenvalue weighted by molar-refractivity contribution is 7.93. The van der Waals surface area contributed by atoms with Crippen LogP contribution >= 0.6 is 0 Å². The van der Waals surface area contributed by atoms with Crippen molar-refractivity contribution in [1.82, 2.24) is 0 Å². The zero-order chi connectivity index (χ0) is 15.0. The lowest BCUT2D eigenvalue weighted by molar-refractivity contribution is 0.583. The van der Waals surface area contributed by atoms with Crippen LogP contribution in [0.4, 0.5) is 5.69 Å². The Labute approximate surface area is 117 Å². The van der Waals surface area contributed by atoms with Crippen LogP contribution in [0.1, 0.15) is 0 Å². The summed E-state index contributed by atoms with van der Waals surface area (Å²) in [5.74, 6) is 0. The van der Waals surface area contributed by atoms with Crippen LogP contribution in [-0.2, 0) is 19.9 Å². The third-order valence-corrected chi connectivity index (χ3v) is 5.56. The number of benzene rings is 2. The number of nitrogen functional groups attached to an aromatic ring is 1. The zero-order valence-corrected chi connectivity index (χ0v) is 11.9. The Morgan fingerprint density at radius 2 is 1.25 bits per heavy atom. The first-order valence-electron chi connectivity index (χ1n) is 5.45. The summed E-state index contributed by atoms with van der Waals surface area (Å²) in [4.78, 5) is -0.841. The molecule has 0 radical (unpaired) electrons. The van der Waals surface area contributed by atoms with E-state index >= 15 is 0 Å². The molecule has 106 valence electrons. The van der Waals surface area contributed by atoms with Gasteiger partial charge in [-0.3, -0.25) is 0 Å². The molecule has 0 atom stereocenters. The van der Waals surface area contributed by atoms with E-state index in [1.54, 1.807) is 0 Å². The van der Waals surface area contributed by atoms with Crippen LogP contribution in [0.2, 0.25) is 0 Å². The van der Waals surface area contributed by atoms with Gasteiger partial charge in [0.15, 0.2) is 0 Å². The number of sulfone groups is 1. The van der Waals surface area contributed by atoms with Gasteiger partial charge in [-0.2, -0.15) is 0 Å². The molecule has 0 bridgehead atoms. The summed E-state index contributed by atoms with van der Waals surface area (Å²) in [5.41, 5.74) is 5.90. The standard InChI is InChI=1S/C12H12N2O4S2/c13-9-5-7-10(8-6-9)19(15,16)11-3-1-2-4-12(11)20(14,17)18/h1-8H,13H2,(H2,14,17,18). The highest BCUT2D eigenvalue weighted by Gasteiger charge is 2.25. The molecular weight excluding hydrogens is 300 g/mol. The summed E-state index contributed by atoms with van der Waals surface area (Å²) < 4.78 is 47.9. The van der Waals surface area contributed by atoms with Gasteiger partial charge in [0.05, 0.1) is 9.79 Å². The molecule has 6 nitrogen and oxygen atoms in total. The van der Waals surface area contributed by atoms with Crippen molar-refractivity contribution in [2.24, 2.45) is 5.14 Å². The molecule has 4 N–H and O–H groups in total. The number of primary sulfonamides is 1. The van der Waals surface area contributed by atoms with Crippen molar-refractivity contribution in [2.45, 2.75) is 14.7 Å². The van der Waals surface area contributed by atoms with E-state index in [0.29, 0.717) is 5.69 Å². The van der Waals surface area contributed by atoms with Crippen molar-refractivity contribution in [3.8, 4) is 0 Å². The minimum Gasteiger partial charge on any atom is -0.399 e. The molecular formula is C12H12N2O4S2. The highest BCUT2D eigenvalue weighted by Crippen LogP contribution is 2.26. The fourth-order valence-corrected chi connectivity index (χ4v) is 4.31. The summed E-state index contributed by atoms with van der Waals surface area (Å²) in [6.45, 7) is 0. The first kappa shape index (κ1) is 14.5. The fourth-order valence-electron chi connectivity index (χ4n) is 1.68. The molecule has 20 heavy (non-hydrogen) atoms. The van der Waals surface area contributed by atoms with E-state index in [-0.39, 0.29) is 9.79 Å². The van der Waals surface area contributed by atoms with Crippen LogP contribution in [0.25, 0.3) is 0 Å². The summed E-state index contributed by atoms with van der Waals surface area (Å²) in [6, 6.07) is 10.7. The van der Waals surface area contributed by atoms with E-state index in [2.05, 4.69) is 0 Å². The van der Waals surface area contributed by atoms with Crippen LogP contribution in [-0.4, -0.2) is 16.8 Å². The maximum Gasteiger partial charge on any atom is 0.239 e. The van der Waals surface area contributed by atoms with E-state index in [1.165, 1.54) is 42.5 Å². The Hall–Kier alpha value is -1.90. The smallest absolute Gasteiger partial charge is 0.239 e. The minimum absolute atomic E-state index is 0.0530. The zero-order valence-electron chi connectivity index (χ0n) is 10.2. The second kappa shape index (κ2) is 4.89. The molecule has 0 aliphatic rings. The van der Waals surface area contributed by atoms with Gasteiger partial charge in [-0.25, -0.2) is 22.0 Å². The van der Waals surface area contributed by atoms with E-state index in [1.807, 2.05) is 0 Å². The molecule has 0 fully saturated rings. The number of nitrogens with two attached hydrogens (primary N) is 2. The normalized spacial score (nSPS) is 12.2. The van der Waals surface area contributed by atoms with E-state index in [9.17, 15) is 16.8 Å². The number of hydrogen-bond acceptors (Lipinski definition) is 5. The third-order valence-electron chi connectivity index (χ3n) is 2.64. The predicted molar refractivity (Wildman–Crippen MR) is 74.1 cm³/mol. The Kier molecular flexibility index (Phi) is 3.55. The van der Waals surface area contributed by atoms with Gasteiger partial charge in [-0.1, -0.05) is 12.1 Å². The third kappa shape index (κ3) is 2.67. The van der Waals surface area contributed by atoms with Crippen LogP contribution in [0.5, 0.6) is 0 Å². The molecule has 8 heteroatoms. The van der Waals surface area contributed by atoms with Crippen molar-refractivity contribution in [1.29, 1.82) is 0 Å². The molecule has 0 aromatic heterocycles. The van der Waals surface area contributed by atoms with E-state index in [4.69, 9.17) is 10.9 Å². The summed E-state index contributed by atoms with van der Waals surface area (Å²) >= 11 is 0. The largest absolute Gasteiger partial charge is 0.399 e.